The van der Waals surface area contributed by atoms with E-state index in [0.29, 0.717) is 10.0 Å². The molecule has 0 bridgehead atoms. The number of fused-ring (bicyclic) bond motifs is 1. The van der Waals surface area contributed by atoms with Crippen LogP contribution in [0, 0.1) is 13.8 Å². The number of carbonyl (C=O) groups excluding carboxylic acids is 1. The molecule has 0 atom stereocenters. The zero-order chi connectivity index (χ0) is 19.1. The number of aromatic nitrogens is 1. The Morgan fingerprint density at radius 1 is 1.15 bits per heavy atom. The molecule has 3 aromatic rings. The molecule has 0 saturated heterocycles. The number of nitrogens with one attached hydrogen (secondary N) is 1. The SMILES string of the molecule is CCn1c(C)c(C)c2cc(C(=O)NS(=O)(=O)c3ccccc3Br)ccc21. The molecule has 0 spiro atoms. The van der Waals surface area contributed by atoms with E-state index in [-0.39, 0.29) is 4.90 Å². The highest BCUT2D eigenvalue weighted by Gasteiger charge is 2.21. The van der Waals surface area contributed by atoms with Crippen molar-refractivity contribution in [2.75, 3.05) is 0 Å². The fourth-order valence-electron chi connectivity index (χ4n) is 3.10. The predicted molar refractivity (Wildman–Crippen MR) is 106 cm³/mol. The number of halogens is 1. The molecular formula is C19H19BrN2O3S. The minimum atomic E-state index is -3.96. The quantitative estimate of drug-likeness (QED) is 0.669. The Kier molecular flexibility index (Phi) is 4.94. The summed E-state index contributed by atoms with van der Waals surface area (Å²) < 4.78 is 29.7. The molecule has 0 saturated carbocycles. The second-order valence-corrected chi connectivity index (χ2v) is 8.56. The van der Waals surface area contributed by atoms with E-state index in [0.717, 1.165) is 28.7 Å². The van der Waals surface area contributed by atoms with E-state index in [1.807, 2.05) is 19.9 Å². The Hall–Kier alpha value is -2.12. The number of benzene rings is 2. The summed E-state index contributed by atoms with van der Waals surface area (Å²) in [5, 5.41) is 0.954. The van der Waals surface area contributed by atoms with Gasteiger partial charge in [0.1, 0.15) is 4.90 Å². The zero-order valence-electron chi connectivity index (χ0n) is 14.7. The van der Waals surface area contributed by atoms with E-state index in [4.69, 9.17) is 0 Å². The topological polar surface area (TPSA) is 68.2 Å². The van der Waals surface area contributed by atoms with Crippen molar-refractivity contribution in [3.05, 3.63) is 63.8 Å². The van der Waals surface area contributed by atoms with E-state index >= 15 is 0 Å². The van der Waals surface area contributed by atoms with Crippen molar-refractivity contribution in [3.8, 4) is 0 Å². The van der Waals surface area contributed by atoms with Crippen LogP contribution in [0.1, 0.15) is 28.5 Å². The van der Waals surface area contributed by atoms with Crippen LogP contribution in [-0.4, -0.2) is 18.9 Å². The van der Waals surface area contributed by atoms with Gasteiger partial charge < -0.3 is 4.57 Å². The second-order valence-electron chi connectivity index (χ2n) is 6.05. The van der Waals surface area contributed by atoms with Crippen LogP contribution in [0.15, 0.2) is 51.8 Å². The van der Waals surface area contributed by atoms with Gasteiger partial charge in [-0.2, -0.15) is 0 Å². The van der Waals surface area contributed by atoms with Crippen molar-refractivity contribution in [3.63, 3.8) is 0 Å². The van der Waals surface area contributed by atoms with Crippen molar-refractivity contribution >= 4 is 42.8 Å². The summed E-state index contributed by atoms with van der Waals surface area (Å²) in [4.78, 5) is 12.6. The van der Waals surface area contributed by atoms with Crippen LogP contribution in [0.3, 0.4) is 0 Å². The molecule has 0 aliphatic carbocycles. The number of aryl methyl sites for hydroxylation is 2. The van der Waals surface area contributed by atoms with E-state index < -0.39 is 15.9 Å². The first-order chi connectivity index (χ1) is 12.3. The zero-order valence-corrected chi connectivity index (χ0v) is 17.1. The smallest absolute Gasteiger partial charge is 0.265 e. The van der Waals surface area contributed by atoms with Gasteiger partial charge in [-0.15, -0.1) is 0 Å². The van der Waals surface area contributed by atoms with Gasteiger partial charge in [0.25, 0.3) is 15.9 Å². The van der Waals surface area contributed by atoms with Crippen LogP contribution in [0.4, 0.5) is 0 Å². The van der Waals surface area contributed by atoms with Crippen molar-refractivity contribution in [2.45, 2.75) is 32.2 Å². The molecule has 1 N–H and O–H groups in total. The number of nitrogens with zero attached hydrogens (tertiary/aromatic N) is 1. The summed E-state index contributed by atoms with van der Waals surface area (Å²) >= 11 is 3.21. The summed E-state index contributed by atoms with van der Waals surface area (Å²) in [6.45, 7) is 6.94. The fourth-order valence-corrected chi connectivity index (χ4v) is 5.08. The maximum absolute atomic E-state index is 12.5. The van der Waals surface area contributed by atoms with Gasteiger partial charge >= 0.3 is 0 Å². The molecule has 0 aliphatic heterocycles. The largest absolute Gasteiger partial charge is 0.345 e. The molecule has 1 heterocycles. The molecular weight excluding hydrogens is 416 g/mol. The molecule has 26 heavy (non-hydrogen) atoms. The third-order valence-corrected chi connectivity index (χ3v) is 6.91. The van der Waals surface area contributed by atoms with E-state index in [9.17, 15) is 13.2 Å². The standard InChI is InChI=1S/C19H19BrN2O3S/c1-4-22-13(3)12(2)15-11-14(9-10-17(15)22)19(23)21-26(24,25)18-8-6-5-7-16(18)20/h5-11H,4H2,1-3H3,(H,21,23). The van der Waals surface area contributed by atoms with Crippen LogP contribution < -0.4 is 4.72 Å². The minimum Gasteiger partial charge on any atom is -0.345 e. The van der Waals surface area contributed by atoms with Gasteiger partial charge in [0, 0.05) is 33.2 Å². The normalized spacial score (nSPS) is 11.7. The molecule has 136 valence electrons. The maximum Gasteiger partial charge on any atom is 0.265 e. The lowest BCUT2D eigenvalue weighted by Gasteiger charge is -2.09. The first-order valence-electron chi connectivity index (χ1n) is 8.17. The van der Waals surface area contributed by atoms with Crippen LogP contribution in [0.2, 0.25) is 0 Å². The first-order valence-corrected chi connectivity index (χ1v) is 10.4. The Bertz CT molecular complexity index is 1120. The van der Waals surface area contributed by atoms with Crippen LogP contribution in [0.5, 0.6) is 0 Å². The molecule has 1 amide bonds. The maximum atomic E-state index is 12.5. The van der Waals surface area contributed by atoms with Gasteiger partial charge in [-0.25, -0.2) is 13.1 Å². The molecule has 0 unspecified atom stereocenters. The molecule has 5 nitrogen and oxygen atoms in total. The van der Waals surface area contributed by atoms with E-state index in [1.54, 1.807) is 30.3 Å². The molecule has 0 radical (unpaired) electrons. The van der Waals surface area contributed by atoms with Gasteiger partial charge in [-0.05, 0) is 72.6 Å². The van der Waals surface area contributed by atoms with Crippen LogP contribution in [-0.2, 0) is 16.6 Å². The summed E-state index contributed by atoms with van der Waals surface area (Å²) in [5.41, 5.74) is 3.57. The Balaban J connectivity index is 1.98. The van der Waals surface area contributed by atoms with Gasteiger partial charge in [-0.1, -0.05) is 12.1 Å². The average Bonchev–Trinajstić information content (AvgIpc) is 2.85. The van der Waals surface area contributed by atoms with Gasteiger partial charge in [-0.3, -0.25) is 4.79 Å². The van der Waals surface area contributed by atoms with Gasteiger partial charge in [0.15, 0.2) is 0 Å². The summed E-state index contributed by atoms with van der Waals surface area (Å²) in [5.74, 6) is -0.649. The highest BCUT2D eigenvalue weighted by atomic mass is 79.9. The molecule has 2 aromatic carbocycles. The Morgan fingerprint density at radius 3 is 2.50 bits per heavy atom. The third kappa shape index (κ3) is 3.17. The monoisotopic (exact) mass is 434 g/mol. The lowest BCUT2D eigenvalue weighted by atomic mass is 10.1. The van der Waals surface area contributed by atoms with Crippen LogP contribution in [0.25, 0.3) is 10.9 Å². The number of hydrogen-bond acceptors (Lipinski definition) is 3. The fraction of sp³-hybridized carbons (Fsp3) is 0.211. The predicted octanol–water partition coefficient (Wildman–Crippen LogP) is 4.16. The Morgan fingerprint density at radius 2 is 1.85 bits per heavy atom. The number of hydrogen-bond donors (Lipinski definition) is 1. The number of rotatable bonds is 4. The number of carbonyl (C=O) groups is 1. The number of sulfonamides is 1. The summed E-state index contributed by atoms with van der Waals surface area (Å²) in [6.07, 6.45) is 0. The number of amides is 1. The Labute approximate surface area is 161 Å². The van der Waals surface area contributed by atoms with Gasteiger partial charge in [0.05, 0.1) is 0 Å². The molecule has 0 aliphatic rings. The van der Waals surface area contributed by atoms with Crippen molar-refractivity contribution in [1.82, 2.24) is 9.29 Å². The molecule has 3 rings (SSSR count). The first kappa shape index (κ1) is 18.7. The van der Waals surface area contributed by atoms with E-state index in [2.05, 4.69) is 32.1 Å². The van der Waals surface area contributed by atoms with Gasteiger partial charge in [0.2, 0.25) is 0 Å². The highest BCUT2D eigenvalue weighted by molar-refractivity contribution is 9.10. The van der Waals surface area contributed by atoms with Crippen LogP contribution >= 0.6 is 15.9 Å². The lowest BCUT2D eigenvalue weighted by molar-refractivity contribution is 0.0981. The minimum absolute atomic E-state index is 0.0265. The second kappa shape index (κ2) is 6.89. The summed E-state index contributed by atoms with van der Waals surface area (Å²) in [6, 6.07) is 11.6. The molecule has 1 aromatic heterocycles. The molecule has 0 fully saturated rings. The summed E-state index contributed by atoms with van der Waals surface area (Å²) in [7, 11) is -3.96. The third-order valence-electron chi connectivity index (χ3n) is 4.57. The lowest BCUT2D eigenvalue weighted by Crippen LogP contribution is -2.30. The highest BCUT2D eigenvalue weighted by Crippen LogP contribution is 2.27. The van der Waals surface area contributed by atoms with Crippen molar-refractivity contribution < 1.29 is 13.2 Å². The molecule has 7 heteroatoms. The van der Waals surface area contributed by atoms with Crippen molar-refractivity contribution in [2.24, 2.45) is 0 Å². The van der Waals surface area contributed by atoms with Crippen molar-refractivity contribution in [1.29, 1.82) is 0 Å². The average molecular weight is 435 g/mol. The van der Waals surface area contributed by atoms with E-state index in [1.165, 1.54) is 6.07 Å².